The van der Waals surface area contributed by atoms with Gasteiger partial charge in [0.2, 0.25) is 0 Å². The molecule has 0 radical (unpaired) electrons. The fraction of sp³-hybridized carbons (Fsp3) is 0.571. The van der Waals surface area contributed by atoms with E-state index in [2.05, 4.69) is 0 Å². The van der Waals surface area contributed by atoms with Crippen LogP contribution in [0.4, 0.5) is 0 Å². The number of rotatable bonds is 2. The molecule has 18 heavy (non-hydrogen) atoms. The standard InChI is InChI=1S/C14H19NO3/c16-12-6-10-15(11-7-12)14(13(17)18)8-4-2-1-3-5-9-14/h6-7,10-11H,1-5,8-9H2,(H,17,18). The third kappa shape index (κ3) is 2.47. The summed E-state index contributed by atoms with van der Waals surface area (Å²) in [5.74, 6) is -0.784. The molecule has 4 heteroatoms. The molecule has 1 heterocycles. The molecular formula is C14H19NO3. The predicted molar refractivity (Wildman–Crippen MR) is 68.6 cm³/mol. The fourth-order valence-electron chi connectivity index (χ4n) is 2.77. The smallest absolute Gasteiger partial charge is 0.329 e. The Morgan fingerprint density at radius 1 is 1.06 bits per heavy atom. The monoisotopic (exact) mass is 249 g/mol. The minimum atomic E-state index is -0.867. The van der Waals surface area contributed by atoms with Crippen molar-refractivity contribution in [2.75, 3.05) is 0 Å². The fourth-order valence-corrected chi connectivity index (χ4v) is 2.77. The molecule has 1 saturated carbocycles. The Kier molecular flexibility index (Phi) is 3.84. The minimum absolute atomic E-state index is 0.0855. The van der Waals surface area contributed by atoms with Crippen LogP contribution in [0.1, 0.15) is 44.9 Å². The number of nitrogens with zero attached hydrogens (tertiary/aromatic N) is 1. The van der Waals surface area contributed by atoms with Crippen LogP contribution in [0.2, 0.25) is 0 Å². The normalized spacial score (nSPS) is 19.8. The molecule has 0 aliphatic heterocycles. The van der Waals surface area contributed by atoms with Crippen LogP contribution in [0.15, 0.2) is 29.3 Å². The second-order valence-corrected chi connectivity index (χ2v) is 5.05. The van der Waals surface area contributed by atoms with Crippen molar-refractivity contribution in [1.82, 2.24) is 4.57 Å². The van der Waals surface area contributed by atoms with Gasteiger partial charge in [-0.25, -0.2) is 4.79 Å². The van der Waals surface area contributed by atoms with Gasteiger partial charge in [0.05, 0.1) is 0 Å². The van der Waals surface area contributed by atoms with Crippen molar-refractivity contribution < 1.29 is 9.90 Å². The van der Waals surface area contributed by atoms with E-state index in [0.29, 0.717) is 12.8 Å². The van der Waals surface area contributed by atoms with Gasteiger partial charge in [0, 0.05) is 24.5 Å². The molecule has 1 aromatic heterocycles. The van der Waals surface area contributed by atoms with E-state index in [4.69, 9.17) is 0 Å². The zero-order valence-corrected chi connectivity index (χ0v) is 10.5. The Morgan fingerprint density at radius 3 is 2.06 bits per heavy atom. The van der Waals surface area contributed by atoms with E-state index in [9.17, 15) is 14.7 Å². The van der Waals surface area contributed by atoms with Crippen LogP contribution < -0.4 is 5.43 Å². The quantitative estimate of drug-likeness (QED) is 0.875. The summed E-state index contributed by atoms with van der Waals surface area (Å²) >= 11 is 0. The molecule has 1 aliphatic rings. The number of hydrogen-bond acceptors (Lipinski definition) is 2. The Hall–Kier alpha value is -1.58. The summed E-state index contributed by atoms with van der Waals surface area (Å²) in [6.07, 6.45) is 9.74. The summed E-state index contributed by atoms with van der Waals surface area (Å²) < 4.78 is 1.71. The average molecular weight is 249 g/mol. The molecule has 98 valence electrons. The van der Waals surface area contributed by atoms with Crippen LogP contribution in [0, 0.1) is 0 Å². The van der Waals surface area contributed by atoms with Crippen LogP contribution in [-0.2, 0) is 10.3 Å². The summed E-state index contributed by atoms with van der Waals surface area (Å²) in [5, 5.41) is 9.63. The van der Waals surface area contributed by atoms with E-state index in [-0.39, 0.29) is 5.43 Å². The van der Waals surface area contributed by atoms with Gasteiger partial charge in [-0.15, -0.1) is 0 Å². The Bertz CT molecular complexity index is 450. The van der Waals surface area contributed by atoms with Gasteiger partial charge in [0.15, 0.2) is 5.43 Å². The van der Waals surface area contributed by atoms with Crippen molar-refractivity contribution >= 4 is 5.97 Å². The molecule has 4 nitrogen and oxygen atoms in total. The number of carboxylic acids is 1. The second-order valence-electron chi connectivity index (χ2n) is 5.05. The van der Waals surface area contributed by atoms with Gasteiger partial charge in [-0.1, -0.05) is 32.1 Å². The number of hydrogen-bond donors (Lipinski definition) is 1. The molecule has 0 spiro atoms. The van der Waals surface area contributed by atoms with Gasteiger partial charge in [-0.3, -0.25) is 4.79 Å². The average Bonchev–Trinajstić information content (AvgIpc) is 2.30. The lowest BCUT2D eigenvalue weighted by atomic mass is 9.83. The highest BCUT2D eigenvalue weighted by molar-refractivity contribution is 5.76. The van der Waals surface area contributed by atoms with Crippen LogP contribution in [0.25, 0.3) is 0 Å². The largest absolute Gasteiger partial charge is 0.479 e. The zero-order valence-electron chi connectivity index (χ0n) is 10.5. The number of carboxylic acid groups (broad SMARTS) is 1. The van der Waals surface area contributed by atoms with Crippen LogP contribution in [0.3, 0.4) is 0 Å². The topological polar surface area (TPSA) is 59.3 Å². The Labute approximate surface area is 106 Å². The maximum absolute atomic E-state index is 11.7. The summed E-state index contributed by atoms with van der Waals surface area (Å²) in [4.78, 5) is 22.9. The molecule has 0 unspecified atom stereocenters. The molecular weight excluding hydrogens is 230 g/mol. The highest BCUT2D eigenvalue weighted by Gasteiger charge is 2.39. The van der Waals surface area contributed by atoms with Crippen LogP contribution in [0.5, 0.6) is 0 Å². The lowest BCUT2D eigenvalue weighted by Crippen LogP contribution is -2.42. The van der Waals surface area contributed by atoms with Gasteiger partial charge in [-0.2, -0.15) is 0 Å². The molecule has 1 N–H and O–H groups in total. The second kappa shape index (κ2) is 5.38. The van der Waals surface area contributed by atoms with E-state index in [0.717, 1.165) is 25.7 Å². The highest BCUT2D eigenvalue weighted by Crippen LogP contribution is 2.33. The third-order valence-corrected chi connectivity index (χ3v) is 3.87. The molecule has 0 saturated heterocycles. The van der Waals surface area contributed by atoms with Gasteiger partial charge in [0.1, 0.15) is 5.54 Å². The van der Waals surface area contributed by atoms with E-state index in [1.165, 1.54) is 18.6 Å². The van der Waals surface area contributed by atoms with Crippen molar-refractivity contribution in [3.63, 3.8) is 0 Å². The van der Waals surface area contributed by atoms with Crippen molar-refractivity contribution in [3.8, 4) is 0 Å². The molecule has 0 atom stereocenters. The molecule has 0 aromatic carbocycles. The molecule has 1 aliphatic carbocycles. The van der Waals surface area contributed by atoms with E-state index in [1.807, 2.05) is 0 Å². The third-order valence-electron chi connectivity index (χ3n) is 3.87. The lowest BCUT2D eigenvalue weighted by molar-refractivity contribution is -0.149. The first-order valence-corrected chi connectivity index (χ1v) is 6.57. The van der Waals surface area contributed by atoms with Gasteiger partial charge in [0.25, 0.3) is 0 Å². The Morgan fingerprint density at radius 2 is 1.56 bits per heavy atom. The first kappa shape index (κ1) is 12.9. The molecule has 1 fully saturated rings. The molecule has 0 bridgehead atoms. The summed E-state index contributed by atoms with van der Waals surface area (Å²) in [6.45, 7) is 0. The minimum Gasteiger partial charge on any atom is -0.479 e. The van der Waals surface area contributed by atoms with E-state index >= 15 is 0 Å². The number of aliphatic carboxylic acids is 1. The van der Waals surface area contributed by atoms with E-state index < -0.39 is 11.5 Å². The molecule has 1 aromatic rings. The first-order chi connectivity index (χ1) is 8.65. The van der Waals surface area contributed by atoms with E-state index in [1.54, 1.807) is 17.0 Å². The first-order valence-electron chi connectivity index (χ1n) is 6.57. The van der Waals surface area contributed by atoms with Crippen LogP contribution >= 0.6 is 0 Å². The predicted octanol–water partition coefficient (Wildman–Crippen LogP) is 2.37. The highest BCUT2D eigenvalue weighted by atomic mass is 16.4. The molecule has 2 rings (SSSR count). The van der Waals surface area contributed by atoms with Gasteiger partial charge >= 0.3 is 5.97 Å². The summed E-state index contributed by atoms with van der Waals surface area (Å²) in [7, 11) is 0. The maximum atomic E-state index is 11.7. The summed E-state index contributed by atoms with van der Waals surface area (Å²) in [5.41, 5.74) is -0.952. The van der Waals surface area contributed by atoms with Crippen molar-refractivity contribution in [3.05, 3.63) is 34.7 Å². The summed E-state index contributed by atoms with van der Waals surface area (Å²) in [6, 6.07) is 2.87. The number of aromatic nitrogens is 1. The van der Waals surface area contributed by atoms with Gasteiger partial charge < -0.3 is 9.67 Å². The van der Waals surface area contributed by atoms with Gasteiger partial charge in [-0.05, 0) is 12.8 Å². The maximum Gasteiger partial charge on any atom is 0.329 e. The van der Waals surface area contributed by atoms with Crippen molar-refractivity contribution in [2.45, 2.75) is 50.5 Å². The SMILES string of the molecule is O=C(O)C1(n2ccc(=O)cc2)CCCCCCC1. The lowest BCUT2D eigenvalue weighted by Gasteiger charge is -2.33. The molecule has 0 amide bonds. The number of carbonyl (C=O) groups is 1. The number of pyridine rings is 1. The zero-order chi connectivity index (χ0) is 13.0. The van der Waals surface area contributed by atoms with Crippen LogP contribution in [-0.4, -0.2) is 15.6 Å². The Balaban J connectivity index is 2.37. The van der Waals surface area contributed by atoms with Crippen molar-refractivity contribution in [2.24, 2.45) is 0 Å². The van der Waals surface area contributed by atoms with Crippen molar-refractivity contribution in [1.29, 1.82) is 0 Å².